The Morgan fingerprint density at radius 3 is 2.06 bits per heavy atom. The highest BCUT2D eigenvalue weighted by atomic mass is 16.6. The lowest BCUT2D eigenvalue weighted by molar-refractivity contribution is -0.0512. The van der Waals surface area contributed by atoms with Gasteiger partial charge in [0.05, 0.1) is 25.3 Å². The Balaban J connectivity index is 1.59. The van der Waals surface area contributed by atoms with Crippen LogP contribution in [0.2, 0.25) is 0 Å². The van der Waals surface area contributed by atoms with Gasteiger partial charge in [-0.1, -0.05) is 54.6 Å². The largest absolute Gasteiger partial charge is 0.448 e. The van der Waals surface area contributed by atoms with E-state index in [-0.39, 0.29) is 42.9 Å². The fourth-order valence-corrected chi connectivity index (χ4v) is 5.70. The summed E-state index contributed by atoms with van der Waals surface area (Å²) in [5, 5.41) is 2.85. The molecule has 1 saturated carbocycles. The van der Waals surface area contributed by atoms with E-state index in [0.29, 0.717) is 12.0 Å². The van der Waals surface area contributed by atoms with E-state index in [4.69, 9.17) is 9.47 Å². The first kappa shape index (κ1) is 21.2. The van der Waals surface area contributed by atoms with Gasteiger partial charge >= 0.3 is 12.2 Å². The van der Waals surface area contributed by atoms with Crippen molar-refractivity contribution >= 4 is 23.5 Å². The molecule has 0 N–H and O–H groups in total. The first-order valence-corrected chi connectivity index (χ1v) is 11.4. The SMILES string of the molecule is CCOC(=O)N1[C@@H]2C[C@@H]([C@H]3c4ccccc4/C(=C/C(=O)c4ccccc4)[C@H]32)N1C(=O)OCC. The van der Waals surface area contributed by atoms with Crippen LogP contribution in [0.25, 0.3) is 5.57 Å². The number of carbonyl (C=O) groups is 3. The van der Waals surface area contributed by atoms with E-state index in [1.165, 1.54) is 10.0 Å². The normalized spacial score (nSPS) is 25.7. The summed E-state index contributed by atoms with van der Waals surface area (Å²) in [5.74, 6) is -0.194. The lowest BCUT2D eigenvalue weighted by Crippen LogP contribution is -2.57. The number of amides is 2. The number of hydrazine groups is 1. The van der Waals surface area contributed by atoms with E-state index < -0.39 is 12.2 Å². The molecule has 0 radical (unpaired) electrons. The second-order valence-corrected chi connectivity index (χ2v) is 8.43. The van der Waals surface area contributed by atoms with Gasteiger partial charge in [0.25, 0.3) is 0 Å². The number of allylic oxidation sites excluding steroid dienone is 1. The average Bonchev–Trinajstić information content (AvgIpc) is 3.49. The second kappa shape index (κ2) is 8.39. The molecular weight excluding hydrogens is 420 g/mol. The molecule has 0 aromatic heterocycles. The van der Waals surface area contributed by atoms with Crippen molar-refractivity contribution in [1.82, 2.24) is 10.0 Å². The van der Waals surface area contributed by atoms with E-state index in [1.807, 2.05) is 36.4 Å². The topological polar surface area (TPSA) is 76.2 Å². The Kier molecular flexibility index (Phi) is 5.40. The van der Waals surface area contributed by atoms with E-state index in [1.54, 1.807) is 32.1 Å². The van der Waals surface area contributed by atoms with Crippen LogP contribution in [0.5, 0.6) is 0 Å². The molecule has 3 aliphatic rings. The van der Waals surface area contributed by atoms with Gasteiger partial charge in [-0.05, 0) is 43.0 Å². The zero-order valence-corrected chi connectivity index (χ0v) is 18.6. The average molecular weight is 447 g/mol. The predicted octanol–water partition coefficient (Wildman–Crippen LogP) is 4.65. The highest BCUT2D eigenvalue weighted by molar-refractivity contribution is 6.09. The van der Waals surface area contributed by atoms with Crippen LogP contribution in [0.4, 0.5) is 9.59 Å². The number of ether oxygens (including phenoxy) is 2. The minimum atomic E-state index is -0.568. The third-order valence-electron chi connectivity index (χ3n) is 6.80. The zero-order chi connectivity index (χ0) is 23.1. The van der Waals surface area contributed by atoms with Gasteiger partial charge in [-0.25, -0.2) is 19.6 Å². The summed E-state index contributed by atoms with van der Waals surface area (Å²) in [7, 11) is 0. The Hall–Kier alpha value is -3.61. The van der Waals surface area contributed by atoms with Gasteiger partial charge in [-0.15, -0.1) is 0 Å². The lowest BCUT2D eigenvalue weighted by atomic mass is 9.87. The van der Waals surface area contributed by atoms with Crippen molar-refractivity contribution in [3.63, 3.8) is 0 Å². The number of carbonyl (C=O) groups excluding carboxylic acids is 3. The third kappa shape index (κ3) is 3.30. The summed E-state index contributed by atoms with van der Waals surface area (Å²) in [6, 6.07) is 16.6. The number of nitrogens with zero attached hydrogens (tertiary/aromatic N) is 2. The third-order valence-corrected chi connectivity index (χ3v) is 6.80. The lowest BCUT2D eigenvalue weighted by Gasteiger charge is -2.42. The Labute approximate surface area is 192 Å². The molecule has 1 saturated heterocycles. The minimum Gasteiger partial charge on any atom is -0.448 e. The van der Waals surface area contributed by atoms with E-state index in [2.05, 4.69) is 6.07 Å². The van der Waals surface area contributed by atoms with Gasteiger partial charge in [0, 0.05) is 17.4 Å². The second-order valence-electron chi connectivity index (χ2n) is 8.43. The molecule has 2 bridgehead atoms. The quantitative estimate of drug-likeness (QED) is 0.505. The first-order chi connectivity index (χ1) is 16.1. The van der Waals surface area contributed by atoms with Gasteiger partial charge in [0.15, 0.2) is 5.78 Å². The van der Waals surface area contributed by atoms with Crippen molar-refractivity contribution < 1.29 is 23.9 Å². The Bertz CT molecular complexity index is 1130. The summed E-state index contributed by atoms with van der Waals surface area (Å²) < 4.78 is 10.6. The van der Waals surface area contributed by atoms with Crippen molar-refractivity contribution in [3.05, 3.63) is 77.4 Å². The maximum Gasteiger partial charge on any atom is 0.429 e. The summed E-state index contributed by atoms with van der Waals surface area (Å²) in [4.78, 5) is 38.9. The van der Waals surface area contributed by atoms with Crippen LogP contribution < -0.4 is 0 Å². The van der Waals surface area contributed by atoms with Crippen molar-refractivity contribution in [2.45, 2.75) is 38.3 Å². The minimum absolute atomic E-state index is 0.0175. The van der Waals surface area contributed by atoms with Crippen LogP contribution in [-0.4, -0.2) is 53.3 Å². The molecule has 2 aliphatic carbocycles. The maximum absolute atomic E-state index is 13.1. The van der Waals surface area contributed by atoms with E-state index in [0.717, 1.165) is 16.7 Å². The number of rotatable bonds is 4. The highest BCUT2D eigenvalue weighted by Gasteiger charge is 2.64. The summed E-state index contributed by atoms with van der Waals surface area (Å²) in [5.41, 5.74) is 3.63. The first-order valence-electron chi connectivity index (χ1n) is 11.4. The van der Waals surface area contributed by atoms with Gasteiger partial charge in [-0.2, -0.15) is 0 Å². The predicted molar refractivity (Wildman–Crippen MR) is 121 cm³/mol. The Morgan fingerprint density at radius 1 is 0.848 bits per heavy atom. The molecule has 4 atom stereocenters. The van der Waals surface area contributed by atoms with Crippen molar-refractivity contribution in [2.75, 3.05) is 13.2 Å². The fourth-order valence-electron chi connectivity index (χ4n) is 5.70. The molecule has 2 aromatic rings. The van der Waals surface area contributed by atoms with Crippen molar-refractivity contribution in [2.24, 2.45) is 5.92 Å². The molecule has 0 unspecified atom stereocenters. The van der Waals surface area contributed by atoms with Crippen LogP contribution in [0, 0.1) is 5.92 Å². The molecule has 33 heavy (non-hydrogen) atoms. The molecule has 1 heterocycles. The maximum atomic E-state index is 13.1. The molecule has 5 rings (SSSR count). The van der Waals surface area contributed by atoms with Gasteiger partial charge in [0.1, 0.15) is 0 Å². The molecule has 2 aromatic carbocycles. The van der Waals surface area contributed by atoms with Crippen molar-refractivity contribution in [1.29, 1.82) is 0 Å². The molecule has 0 spiro atoms. The number of hydrogen-bond donors (Lipinski definition) is 0. The van der Waals surface area contributed by atoms with E-state index in [9.17, 15) is 14.4 Å². The summed E-state index contributed by atoms with van der Waals surface area (Å²) in [6.45, 7) is 3.89. The van der Waals surface area contributed by atoms with E-state index >= 15 is 0 Å². The zero-order valence-electron chi connectivity index (χ0n) is 18.6. The standard InChI is InChI=1S/C26H26N2O5/c1-3-32-25(30)27-20-15-21(28(27)26(31)33-4-2)24-19(14-22(29)16-10-6-5-7-11-16)17-12-8-9-13-18(17)23(20)24/h5-14,20-21,23-24H,3-4,15H2,1-2H3/b19-14-/t20-,21+,23+,24-/m0/s1. The van der Waals surface area contributed by atoms with Gasteiger partial charge in [-0.3, -0.25) is 4.79 Å². The molecular formula is C26H26N2O5. The smallest absolute Gasteiger partial charge is 0.429 e. The van der Waals surface area contributed by atoms with Crippen LogP contribution in [0.15, 0.2) is 60.7 Å². The number of hydrogen-bond acceptors (Lipinski definition) is 5. The summed E-state index contributed by atoms with van der Waals surface area (Å²) >= 11 is 0. The van der Waals surface area contributed by atoms with Crippen LogP contribution >= 0.6 is 0 Å². The van der Waals surface area contributed by atoms with Gasteiger partial charge in [0.2, 0.25) is 0 Å². The van der Waals surface area contributed by atoms with Crippen LogP contribution in [-0.2, 0) is 9.47 Å². The van der Waals surface area contributed by atoms with Crippen LogP contribution in [0.3, 0.4) is 0 Å². The monoisotopic (exact) mass is 446 g/mol. The van der Waals surface area contributed by atoms with Crippen LogP contribution in [0.1, 0.15) is 47.7 Å². The summed E-state index contributed by atoms with van der Waals surface area (Å²) in [6.07, 6.45) is 1.20. The highest BCUT2D eigenvalue weighted by Crippen LogP contribution is 2.60. The molecule has 1 aliphatic heterocycles. The van der Waals surface area contributed by atoms with Crippen molar-refractivity contribution in [3.8, 4) is 0 Å². The Morgan fingerprint density at radius 2 is 1.42 bits per heavy atom. The molecule has 2 fully saturated rings. The fraction of sp³-hybridized carbons (Fsp3) is 0.346. The molecule has 7 heteroatoms. The number of ketones is 1. The molecule has 7 nitrogen and oxygen atoms in total. The number of fused-ring (bicyclic) bond motifs is 7. The van der Waals surface area contributed by atoms with Gasteiger partial charge < -0.3 is 9.47 Å². The number of benzene rings is 2. The molecule has 170 valence electrons. The molecule has 2 amide bonds.